The zero-order valence-corrected chi connectivity index (χ0v) is 12.3. The van der Waals surface area contributed by atoms with Crippen molar-refractivity contribution < 1.29 is 13.2 Å². The number of aryl methyl sites for hydroxylation is 3. The molecular weight excluding hydrogens is 267 g/mol. The third-order valence-electron chi connectivity index (χ3n) is 3.13. The molecule has 0 fully saturated rings. The van der Waals surface area contributed by atoms with Crippen LogP contribution in [-0.4, -0.2) is 29.2 Å². The van der Waals surface area contributed by atoms with E-state index < -0.39 is 12.6 Å². The molecule has 0 atom stereocenters. The first kappa shape index (κ1) is 16.9. The summed E-state index contributed by atoms with van der Waals surface area (Å²) in [6, 6.07) is 0. The van der Waals surface area contributed by atoms with Crippen LogP contribution >= 0.6 is 0 Å². The Hall–Kier alpha value is -1.17. The van der Waals surface area contributed by atoms with Gasteiger partial charge in [0, 0.05) is 17.8 Å². The quantitative estimate of drug-likeness (QED) is 0.784. The summed E-state index contributed by atoms with van der Waals surface area (Å²) in [7, 11) is 0. The van der Waals surface area contributed by atoms with Crippen LogP contribution in [0.15, 0.2) is 0 Å². The summed E-state index contributed by atoms with van der Waals surface area (Å²) >= 11 is 0. The Morgan fingerprint density at radius 2 is 1.65 bits per heavy atom. The minimum absolute atomic E-state index is 0.150. The molecule has 0 aliphatic carbocycles. The fourth-order valence-corrected chi connectivity index (χ4v) is 2.10. The van der Waals surface area contributed by atoms with Gasteiger partial charge in [-0.3, -0.25) is 0 Å². The van der Waals surface area contributed by atoms with E-state index in [1.165, 1.54) is 0 Å². The van der Waals surface area contributed by atoms with Crippen LogP contribution in [0.2, 0.25) is 0 Å². The van der Waals surface area contributed by atoms with E-state index in [0.717, 1.165) is 42.9 Å². The molecule has 0 aliphatic rings. The highest BCUT2D eigenvalue weighted by atomic mass is 19.4. The Morgan fingerprint density at radius 3 is 2.15 bits per heavy atom. The van der Waals surface area contributed by atoms with Gasteiger partial charge >= 0.3 is 6.18 Å². The zero-order valence-electron chi connectivity index (χ0n) is 12.3. The van der Waals surface area contributed by atoms with E-state index in [0.29, 0.717) is 0 Å². The van der Waals surface area contributed by atoms with Crippen LogP contribution in [0.5, 0.6) is 0 Å². The molecule has 0 bridgehead atoms. The van der Waals surface area contributed by atoms with E-state index in [9.17, 15) is 13.2 Å². The van der Waals surface area contributed by atoms with Gasteiger partial charge in [0.2, 0.25) is 0 Å². The molecule has 6 heteroatoms. The van der Waals surface area contributed by atoms with Gasteiger partial charge in [0.1, 0.15) is 5.82 Å². The van der Waals surface area contributed by atoms with Gasteiger partial charge in [-0.2, -0.15) is 13.2 Å². The minimum Gasteiger partial charge on any atom is -0.317 e. The Bertz CT molecular complexity index is 407. The smallest absolute Gasteiger partial charge is 0.317 e. The number of halogens is 3. The summed E-state index contributed by atoms with van der Waals surface area (Å²) in [5.41, 5.74) is 2.65. The van der Waals surface area contributed by atoms with Crippen molar-refractivity contribution in [2.75, 3.05) is 13.1 Å². The molecule has 0 saturated heterocycles. The molecule has 0 unspecified atom stereocenters. The van der Waals surface area contributed by atoms with Gasteiger partial charge in [-0.15, -0.1) is 0 Å². The number of alkyl halides is 3. The van der Waals surface area contributed by atoms with Crippen molar-refractivity contribution in [1.82, 2.24) is 15.3 Å². The standard InChI is InChI=1S/C14H22F3N3/c1-4-18-9-5-6-12-10(2)19-13(20-11(12)3)7-8-14(15,16)17/h18H,4-9H2,1-3H3. The number of aromatic nitrogens is 2. The Kier molecular flexibility index (Phi) is 6.39. The third kappa shape index (κ3) is 5.86. The summed E-state index contributed by atoms with van der Waals surface area (Å²) in [5, 5.41) is 3.24. The summed E-state index contributed by atoms with van der Waals surface area (Å²) in [6.45, 7) is 7.59. The van der Waals surface area contributed by atoms with Gasteiger partial charge in [0.15, 0.2) is 0 Å². The van der Waals surface area contributed by atoms with Crippen LogP contribution in [-0.2, 0) is 12.8 Å². The molecule has 1 heterocycles. The van der Waals surface area contributed by atoms with E-state index in [1.54, 1.807) is 0 Å². The van der Waals surface area contributed by atoms with E-state index in [2.05, 4.69) is 22.2 Å². The molecule has 0 aliphatic heterocycles. The van der Waals surface area contributed by atoms with Crippen molar-refractivity contribution in [2.45, 2.75) is 52.6 Å². The highest BCUT2D eigenvalue weighted by Gasteiger charge is 2.27. The maximum atomic E-state index is 12.2. The number of rotatable bonds is 7. The maximum absolute atomic E-state index is 12.2. The Balaban J connectivity index is 2.66. The van der Waals surface area contributed by atoms with Crippen molar-refractivity contribution >= 4 is 0 Å². The second-order valence-electron chi connectivity index (χ2n) is 4.86. The average molecular weight is 289 g/mol. The maximum Gasteiger partial charge on any atom is 0.389 e. The van der Waals surface area contributed by atoms with Crippen LogP contribution in [0, 0.1) is 13.8 Å². The molecular formula is C14H22F3N3. The van der Waals surface area contributed by atoms with Crippen LogP contribution < -0.4 is 5.32 Å². The van der Waals surface area contributed by atoms with Crippen LogP contribution in [0.3, 0.4) is 0 Å². The van der Waals surface area contributed by atoms with Crippen molar-refractivity contribution in [2.24, 2.45) is 0 Å². The third-order valence-corrected chi connectivity index (χ3v) is 3.13. The van der Waals surface area contributed by atoms with Gasteiger partial charge in [0.25, 0.3) is 0 Å². The van der Waals surface area contributed by atoms with Gasteiger partial charge in [-0.1, -0.05) is 6.92 Å². The lowest BCUT2D eigenvalue weighted by Crippen LogP contribution is -2.16. The van der Waals surface area contributed by atoms with E-state index in [1.807, 2.05) is 13.8 Å². The lowest BCUT2D eigenvalue weighted by molar-refractivity contribution is -0.134. The number of nitrogens with one attached hydrogen (secondary N) is 1. The normalized spacial score (nSPS) is 11.9. The van der Waals surface area contributed by atoms with Crippen LogP contribution in [0.25, 0.3) is 0 Å². The largest absolute Gasteiger partial charge is 0.389 e. The summed E-state index contributed by atoms with van der Waals surface area (Å²) in [6.07, 6.45) is -3.35. The van der Waals surface area contributed by atoms with Crippen LogP contribution in [0.1, 0.15) is 42.5 Å². The topological polar surface area (TPSA) is 37.8 Å². The molecule has 1 aromatic heterocycles. The first-order valence-electron chi connectivity index (χ1n) is 6.94. The molecule has 3 nitrogen and oxygen atoms in total. The molecule has 1 aromatic rings. The molecule has 1 N–H and O–H groups in total. The Morgan fingerprint density at radius 1 is 1.05 bits per heavy atom. The average Bonchev–Trinajstić information content (AvgIpc) is 2.34. The summed E-state index contributed by atoms with van der Waals surface area (Å²) in [5.74, 6) is 0.285. The number of hydrogen-bond donors (Lipinski definition) is 1. The van der Waals surface area contributed by atoms with Gasteiger partial charge < -0.3 is 5.32 Å². The summed E-state index contributed by atoms with van der Waals surface area (Å²) < 4.78 is 36.6. The van der Waals surface area contributed by atoms with Crippen molar-refractivity contribution in [3.8, 4) is 0 Å². The van der Waals surface area contributed by atoms with Crippen molar-refractivity contribution in [3.63, 3.8) is 0 Å². The van der Waals surface area contributed by atoms with Gasteiger partial charge in [0.05, 0.1) is 6.42 Å². The highest BCUT2D eigenvalue weighted by Crippen LogP contribution is 2.22. The molecule has 0 amide bonds. The van der Waals surface area contributed by atoms with Gasteiger partial charge in [-0.05, 0) is 45.3 Å². The van der Waals surface area contributed by atoms with Crippen molar-refractivity contribution in [3.05, 3.63) is 22.8 Å². The molecule has 20 heavy (non-hydrogen) atoms. The summed E-state index contributed by atoms with van der Waals surface area (Å²) in [4.78, 5) is 8.41. The molecule has 0 radical (unpaired) electrons. The van der Waals surface area contributed by atoms with Crippen LogP contribution in [0.4, 0.5) is 13.2 Å². The molecule has 1 rings (SSSR count). The second-order valence-corrected chi connectivity index (χ2v) is 4.86. The van der Waals surface area contributed by atoms with Gasteiger partial charge in [-0.25, -0.2) is 9.97 Å². The first-order chi connectivity index (χ1) is 9.33. The monoisotopic (exact) mass is 289 g/mol. The first-order valence-corrected chi connectivity index (χ1v) is 6.94. The molecule has 0 saturated carbocycles. The number of hydrogen-bond acceptors (Lipinski definition) is 3. The zero-order chi connectivity index (χ0) is 15.2. The van der Waals surface area contributed by atoms with E-state index in [-0.39, 0.29) is 12.2 Å². The highest BCUT2D eigenvalue weighted by molar-refractivity contribution is 5.24. The Labute approximate surface area is 118 Å². The molecule has 0 spiro atoms. The van der Waals surface area contributed by atoms with Crippen molar-refractivity contribution in [1.29, 1.82) is 0 Å². The second kappa shape index (κ2) is 7.57. The predicted octanol–water partition coefficient (Wildman–Crippen LogP) is 3.13. The SMILES string of the molecule is CCNCCCc1c(C)nc(CCC(F)(F)F)nc1C. The minimum atomic E-state index is -4.16. The molecule has 0 aromatic carbocycles. The lowest BCUT2D eigenvalue weighted by atomic mass is 10.1. The lowest BCUT2D eigenvalue weighted by Gasteiger charge is -2.12. The predicted molar refractivity (Wildman–Crippen MR) is 72.7 cm³/mol. The van der Waals surface area contributed by atoms with E-state index >= 15 is 0 Å². The number of nitrogens with zero attached hydrogens (tertiary/aromatic N) is 2. The molecule has 114 valence electrons. The fourth-order valence-electron chi connectivity index (χ4n) is 2.10. The fraction of sp³-hybridized carbons (Fsp3) is 0.714. The van der Waals surface area contributed by atoms with E-state index in [4.69, 9.17) is 0 Å².